The van der Waals surface area contributed by atoms with Gasteiger partial charge in [-0.05, 0) is 12.1 Å². The van der Waals surface area contributed by atoms with E-state index >= 15 is 0 Å². The maximum atomic E-state index is 11.8. The summed E-state index contributed by atoms with van der Waals surface area (Å²) in [6, 6.07) is 7.50. The van der Waals surface area contributed by atoms with E-state index < -0.39 is 0 Å². The van der Waals surface area contributed by atoms with Crippen LogP contribution in [0.3, 0.4) is 0 Å². The van der Waals surface area contributed by atoms with E-state index in [1.807, 2.05) is 38.1 Å². The number of hydrogen-bond acceptors (Lipinski definition) is 4. The first-order chi connectivity index (χ1) is 9.33. The van der Waals surface area contributed by atoms with Crippen molar-refractivity contribution in [3.05, 3.63) is 41.7 Å². The maximum absolute atomic E-state index is 11.8. The molecule has 0 saturated heterocycles. The molecule has 6 heteroatoms. The lowest BCUT2D eigenvalue weighted by Crippen LogP contribution is -2.13. The van der Waals surface area contributed by atoms with Gasteiger partial charge in [0.15, 0.2) is 11.0 Å². The Hall–Kier alpha value is -2.21. The molecule has 2 N–H and O–H groups in total. The highest BCUT2D eigenvalue weighted by Crippen LogP contribution is 2.14. The van der Waals surface area contributed by atoms with Crippen molar-refractivity contribution in [2.75, 3.05) is 5.32 Å². The number of amides is 1. The van der Waals surface area contributed by atoms with Crippen LogP contribution in [0.5, 0.6) is 0 Å². The van der Waals surface area contributed by atoms with E-state index in [9.17, 15) is 4.79 Å². The third-order valence-electron chi connectivity index (χ3n) is 2.26. The Labute approximate surface area is 114 Å². The molecule has 2 aromatic heterocycles. The van der Waals surface area contributed by atoms with Gasteiger partial charge in [0.25, 0.3) is 5.91 Å². The van der Waals surface area contributed by atoms with Crippen LogP contribution in [0, 0.1) is 0 Å². The molecule has 0 radical (unpaired) electrons. The summed E-state index contributed by atoms with van der Waals surface area (Å²) in [6.45, 7) is 4.00. The molecular weight excluding hydrogens is 260 g/mol. The fourth-order valence-corrected chi connectivity index (χ4v) is 2.03. The van der Waals surface area contributed by atoms with Gasteiger partial charge in [-0.3, -0.25) is 10.1 Å². The second-order valence-corrected chi connectivity index (χ2v) is 4.29. The van der Waals surface area contributed by atoms with E-state index in [-0.39, 0.29) is 5.91 Å². The number of nitrogens with one attached hydrogen (secondary N) is 2. The lowest BCUT2D eigenvalue weighted by Gasteiger charge is -1.96. The van der Waals surface area contributed by atoms with Crippen LogP contribution in [0.2, 0.25) is 0 Å². The van der Waals surface area contributed by atoms with Crippen molar-refractivity contribution in [1.29, 1.82) is 0 Å². The Morgan fingerprint density at radius 1 is 1.32 bits per heavy atom. The van der Waals surface area contributed by atoms with Crippen LogP contribution in [0.15, 0.2) is 35.8 Å². The summed E-state index contributed by atoms with van der Waals surface area (Å²) >= 11 is 1.37. The molecule has 3 aromatic rings. The minimum Gasteiger partial charge on any atom is -0.334 e. The number of aromatic amines is 1. The van der Waals surface area contributed by atoms with Gasteiger partial charge in [0.2, 0.25) is 0 Å². The SMILES string of the molecule is CC.O=C(Nc1nccs1)c1nc2ccccc2[nH]1. The van der Waals surface area contributed by atoms with Crippen molar-refractivity contribution in [1.82, 2.24) is 15.0 Å². The Kier molecular flexibility index (Phi) is 4.25. The summed E-state index contributed by atoms with van der Waals surface area (Å²) in [5, 5.41) is 5.04. The first kappa shape index (κ1) is 13.2. The normalized spacial score (nSPS) is 9.79. The second kappa shape index (κ2) is 6.10. The van der Waals surface area contributed by atoms with Crippen molar-refractivity contribution < 1.29 is 4.79 Å². The van der Waals surface area contributed by atoms with Gasteiger partial charge in [-0.25, -0.2) is 9.97 Å². The molecule has 0 aliphatic rings. The molecule has 0 bridgehead atoms. The van der Waals surface area contributed by atoms with Crippen molar-refractivity contribution >= 4 is 33.4 Å². The third-order valence-corrected chi connectivity index (χ3v) is 2.95. The molecule has 0 aliphatic heterocycles. The van der Waals surface area contributed by atoms with Crippen LogP contribution in [-0.4, -0.2) is 20.9 Å². The second-order valence-electron chi connectivity index (χ2n) is 3.39. The first-order valence-corrected chi connectivity index (χ1v) is 6.86. The van der Waals surface area contributed by atoms with E-state index in [0.29, 0.717) is 11.0 Å². The van der Waals surface area contributed by atoms with Crippen LogP contribution in [0.4, 0.5) is 5.13 Å². The topological polar surface area (TPSA) is 70.7 Å². The molecule has 0 spiro atoms. The van der Waals surface area contributed by atoms with Gasteiger partial charge >= 0.3 is 0 Å². The predicted octanol–water partition coefficient (Wildman–Crippen LogP) is 3.30. The molecule has 0 unspecified atom stereocenters. The third kappa shape index (κ3) is 2.97. The molecule has 5 nitrogen and oxygen atoms in total. The van der Waals surface area contributed by atoms with Gasteiger partial charge < -0.3 is 4.98 Å². The Morgan fingerprint density at radius 3 is 2.79 bits per heavy atom. The summed E-state index contributed by atoms with van der Waals surface area (Å²) < 4.78 is 0. The van der Waals surface area contributed by atoms with Crippen LogP contribution < -0.4 is 5.32 Å². The van der Waals surface area contributed by atoms with Crippen LogP contribution in [-0.2, 0) is 0 Å². The summed E-state index contributed by atoms with van der Waals surface area (Å²) in [4.78, 5) is 23.0. The zero-order valence-corrected chi connectivity index (χ0v) is 11.5. The zero-order chi connectivity index (χ0) is 13.7. The number of rotatable bonds is 2. The highest BCUT2D eigenvalue weighted by Gasteiger charge is 2.12. The molecule has 1 aromatic carbocycles. The van der Waals surface area contributed by atoms with E-state index in [1.165, 1.54) is 11.3 Å². The van der Waals surface area contributed by atoms with Gasteiger partial charge in [-0.15, -0.1) is 11.3 Å². The number of hydrogen-bond donors (Lipinski definition) is 2. The Balaban J connectivity index is 0.000000637. The van der Waals surface area contributed by atoms with Crippen molar-refractivity contribution in [2.45, 2.75) is 13.8 Å². The average Bonchev–Trinajstić information content (AvgIpc) is 3.09. The Bertz CT molecular complexity index is 627. The lowest BCUT2D eigenvalue weighted by molar-refractivity contribution is 0.101. The molecule has 1 amide bonds. The molecular formula is C13H14N4OS. The summed E-state index contributed by atoms with van der Waals surface area (Å²) in [5.74, 6) is 0.0116. The molecule has 3 rings (SSSR count). The van der Waals surface area contributed by atoms with Gasteiger partial charge in [0, 0.05) is 11.6 Å². The smallest absolute Gasteiger partial charge is 0.293 e. The number of nitrogens with zero attached hydrogens (tertiary/aromatic N) is 2. The highest BCUT2D eigenvalue weighted by molar-refractivity contribution is 7.13. The Morgan fingerprint density at radius 2 is 2.11 bits per heavy atom. The van der Waals surface area contributed by atoms with Gasteiger partial charge in [0.1, 0.15) is 0 Å². The summed E-state index contributed by atoms with van der Waals surface area (Å²) in [6.07, 6.45) is 1.64. The quantitative estimate of drug-likeness (QED) is 0.753. The number of fused-ring (bicyclic) bond motifs is 1. The molecule has 0 fully saturated rings. The summed E-state index contributed by atoms with van der Waals surface area (Å²) in [7, 11) is 0. The molecule has 98 valence electrons. The molecule has 2 heterocycles. The number of H-pyrrole nitrogens is 1. The number of aromatic nitrogens is 3. The number of carbonyl (C=O) groups excluding carboxylic acids is 1. The number of imidazole rings is 1. The maximum Gasteiger partial charge on any atom is 0.293 e. The average molecular weight is 274 g/mol. The highest BCUT2D eigenvalue weighted by atomic mass is 32.1. The standard InChI is InChI=1S/C11H8N4OS.C2H6/c16-10(15-11-12-5-6-17-11)9-13-7-3-1-2-4-8(7)14-9;1-2/h1-6H,(H,13,14)(H,12,15,16);1-2H3. The minimum absolute atomic E-state index is 0.281. The van der Waals surface area contributed by atoms with Gasteiger partial charge in [0.05, 0.1) is 11.0 Å². The number of thiazole rings is 1. The van der Waals surface area contributed by atoms with Crippen molar-refractivity contribution in [3.63, 3.8) is 0 Å². The van der Waals surface area contributed by atoms with Gasteiger partial charge in [-0.1, -0.05) is 26.0 Å². The number of benzene rings is 1. The predicted molar refractivity (Wildman–Crippen MR) is 77.5 cm³/mol. The fourth-order valence-electron chi connectivity index (χ4n) is 1.50. The number of anilines is 1. The molecule has 0 atom stereocenters. The van der Waals surface area contributed by atoms with E-state index in [1.54, 1.807) is 11.6 Å². The van der Waals surface area contributed by atoms with E-state index in [2.05, 4.69) is 20.3 Å². The van der Waals surface area contributed by atoms with Crippen LogP contribution in [0.1, 0.15) is 24.5 Å². The van der Waals surface area contributed by atoms with Gasteiger partial charge in [-0.2, -0.15) is 0 Å². The molecule has 19 heavy (non-hydrogen) atoms. The van der Waals surface area contributed by atoms with E-state index in [0.717, 1.165) is 11.0 Å². The van der Waals surface area contributed by atoms with Crippen LogP contribution in [0.25, 0.3) is 11.0 Å². The molecule has 0 aliphatic carbocycles. The number of para-hydroxylation sites is 2. The largest absolute Gasteiger partial charge is 0.334 e. The lowest BCUT2D eigenvalue weighted by atomic mass is 10.3. The van der Waals surface area contributed by atoms with Crippen LogP contribution >= 0.6 is 11.3 Å². The zero-order valence-electron chi connectivity index (χ0n) is 10.7. The van der Waals surface area contributed by atoms with Crippen molar-refractivity contribution in [3.8, 4) is 0 Å². The number of carbonyl (C=O) groups is 1. The van der Waals surface area contributed by atoms with Crippen molar-refractivity contribution in [2.24, 2.45) is 0 Å². The summed E-state index contributed by atoms with van der Waals surface area (Å²) in [5.41, 5.74) is 1.62. The molecule has 0 saturated carbocycles. The monoisotopic (exact) mass is 274 g/mol. The minimum atomic E-state index is -0.281. The van der Waals surface area contributed by atoms with E-state index in [4.69, 9.17) is 0 Å². The first-order valence-electron chi connectivity index (χ1n) is 5.98. The fraction of sp³-hybridized carbons (Fsp3) is 0.154.